The van der Waals surface area contributed by atoms with Gasteiger partial charge in [0.15, 0.2) is 0 Å². The average Bonchev–Trinajstić information content (AvgIpc) is 2.88. The van der Waals surface area contributed by atoms with E-state index in [1.165, 1.54) is 19.7 Å². The maximum absolute atomic E-state index is 12.7. The molecule has 0 amide bonds. The zero-order valence-electron chi connectivity index (χ0n) is 20.8. The number of nitrogens with zero attached hydrogens (tertiary/aromatic N) is 2. The van der Waals surface area contributed by atoms with Gasteiger partial charge in [-0.25, -0.2) is 12.7 Å². The number of hydrogen-bond donors (Lipinski definition) is 1. The molecule has 0 bridgehead atoms. The first-order valence-electron chi connectivity index (χ1n) is 11.4. The van der Waals surface area contributed by atoms with Gasteiger partial charge in [0.1, 0.15) is 10.2 Å². The fourth-order valence-electron chi connectivity index (χ4n) is 3.87. The van der Waals surface area contributed by atoms with Crippen LogP contribution in [0, 0.1) is 7.43 Å². The summed E-state index contributed by atoms with van der Waals surface area (Å²) in [6.45, 7) is 0.795. The minimum absolute atomic E-state index is 0. The predicted octanol–water partition coefficient (Wildman–Crippen LogP) is 6.82. The molecule has 3 rings (SSSR count). The average molecular weight is 604 g/mol. The van der Waals surface area contributed by atoms with Gasteiger partial charge < -0.3 is 17.5 Å². The number of nitrogens with one attached hydrogen (secondary N) is 1. The normalized spacial score (nSPS) is 14.8. The fourth-order valence-corrected chi connectivity index (χ4v) is 4.59. The topological polar surface area (TPSA) is 63.5 Å². The number of halogens is 1. The third-order valence-electron chi connectivity index (χ3n) is 5.71. The molecule has 0 aromatic heterocycles. The molecule has 192 valence electrons. The van der Waals surface area contributed by atoms with Crippen molar-refractivity contribution in [3.63, 3.8) is 0 Å². The van der Waals surface area contributed by atoms with Crippen LogP contribution in [-0.4, -0.2) is 33.4 Å². The van der Waals surface area contributed by atoms with E-state index >= 15 is 0 Å². The van der Waals surface area contributed by atoms with E-state index in [2.05, 4.69) is 38.0 Å². The standard InChI is InChI=1S/C26H34N3O2S.CH3.ClH.Ru/c1-29(2)32(30,31)28-26(24-19-10-5-11-20-24)25(23-17-8-4-9-18-23)27-21-13-12-16-22-14-6-3-7-15-22;;;/h3-6,8-11,14,17-20,25-27H,7,12-13,15-16,21H2,1-2H3;1H3;1H;/q2*-1;;+4/p-1. The van der Waals surface area contributed by atoms with Crippen molar-refractivity contribution in [1.82, 2.24) is 9.62 Å². The van der Waals surface area contributed by atoms with Gasteiger partial charge in [0.25, 0.3) is 0 Å². The summed E-state index contributed by atoms with van der Waals surface area (Å²) in [6, 6.07) is 18.9. The Balaban J connectivity index is 0.00000199. The third kappa shape index (κ3) is 10.7. The van der Waals surface area contributed by atoms with E-state index in [4.69, 9.17) is 0 Å². The summed E-state index contributed by atoms with van der Waals surface area (Å²) in [5.41, 5.74) is 3.42. The minimum atomic E-state index is -3.74. The van der Waals surface area contributed by atoms with Crippen molar-refractivity contribution in [2.24, 2.45) is 0 Å². The number of hydrogen-bond acceptors (Lipinski definition) is 3. The molecule has 0 fully saturated rings. The summed E-state index contributed by atoms with van der Waals surface area (Å²) in [7, 11) is 3.85. The SMILES string of the molecule is CN(C)S(=O)(=O)[N-]C(c1ccccc1)C(NCCCCC1=CC=CCC1)c1ccccc1.[CH3-].[Cl][Ru+3]. The van der Waals surface area contributed by atoms with Crippen LogP contribution in [0.1, 0.15) is 55.3 Å². The molecule has 0 saturated heterocycles. The van der Waals surface area contributed by atoms with Gasteiger partial charge in [-0.2, -0.15) is 0 Å². The van der Waals surface area contributed by atoms with Crippen molar-refractivity contribution < 1.29 is 25.7 Å². The molecule has 0 heterocycles. The van der Waals surface area contributed by atoms with Crippen LogP contribution in [0.25, 0.3) is 4.72 Å². The summed E-state index contributed by atoms with van der Waals surface area (Å²) in [6.07, 6.45) is 12.1. The molecule has 1 aliphatic rings. The summed E-state index contributed by atoms with van der Waals surface area (Å²) < 4.78 is 31.0. The van der Waals surface area contributed by atoms with E-state index in [9.17, 15) is 8.42 Å². The van der Waals surface area contributed by atoms with Crippen molar-refractivity contribution >= 4 is 19.9 Å². The predicted molar refractivity (Wildman–Crippen MR) is 145 cm³/mol. The van der Waals surface area contributed by atoms with Gasteiger partial charge in [-0.3, -0.25) is 0 Å². The van der Waals surface area contributed by atoms with E-state index in [0.29, 0.717) is 0 Å². The summed E-state index contributed by atoms with van der Waals surface area (Å²) in [4.78, 5) is 0. The van der Waals surface area contributed by atoms with Gasteiger partial charge in [-0.15, -0.1) is 0 Å². The molecule has 2 aromatic rings. The van der Waals surface area contributed by atoms with E-state index in [1.807, 2.05) is 78.0 Å². The monoisotopic (exact) mass is 604 g/mol. The van der Waals surface area contributed by atoms with Crippen LogP contribution in [0.4, 0.5) is 0 Å². The Morgan fingerprint density at radius 1 is 1.00 bits per heavy atom. The van der Waals surface area contributed by atoms with Crippen LogP contribution in [0.3, 0.4) is 0 Å². The molecule has 2 unspecified atom stereocenters. The van der Waals surface area contributed by atoms with E-state index in [-0.39, 0.29) is 13.5 Å². The molecule has 0 radical (unpaired) electrons. The summed E-state index contributed by atoms with van der Waals surface area (Å²) in [5.74, 6) is 0. The molecule has 0 aliphatic heterocycles. The van der Waals surface area contributed by atoms with Gasteiger partial charge in [0.2, 0.25) is 0 Å². The Kier molecular flexibility index (Phi) is 15.6. The Labute approximate surface area is 226 Å². The fraction of sp³-hybridized carbons (Fsp3) is 0.370. The number of allylic oxidation sites excluding steroid dienone is 4. The molecule has 0 saturated carbocycles. The number of benzene rings is 2. The van der Waals surface area contributed by atoms with Crippen molar-refractivity contribution in [3.8, 4) is 0 Å². The Bertz CT molecular complexity index is 1000. The molecular formula is C27H37ClN3O2RuS+. The maximum atomic E-state index is 12.7. The van der Waals surface area contributed by atoms with Crippen LogP contribution in [0.5, 0.6) is 0 Å². The first-order valence-corrected chi connectivity index (χ1v) is 15.1. The Morgan fingerprint density at radius 2 is 1.60 bits per heavy atom. The number of unbranched alkanes of at least 4 members (excludes halogenated alkanes) is 1. The van der Waals surface area contributed by atoms with E-state index in [0.717, 1.165) is 54.1 Å². The molecule has 1 N–H and O–H groups in total. The Morgan fingerprint density at radius 3 is 2.14 bits per heavy atom. The molecule has 35 heavy (non-hydrogen) atoms. The van der Waals surface area contributed by atoms with Crippen LogP contribution >= 0.6 is 9.69 Å². The molecule has 1 aliphatic carbocycles. The summed E-state index contributed by atoms with van der Waals surface area (Å²) >= 11 is 1.82. The molecule has 8 heteroatoms. The van der Waals surface area contributed by atoms with Gasteiger partial charge in [-0.1, -0.05) is 96.1 Å². The van der Waals surface area contributed by atoms with Gasteiger partial charge >= 0.3 is 27.0 Å². The molecule has 2 aromatic carbocycles. The number of rotatable bonds is 12. The second kappa shape index (κ2) is 17.2. The zero-order chi connectivity index (χ0) is 24.8. The van der Waals surface area contributed by atoms with Crippen molar-refractivity contribution in [3.05, 3.63) is 108 Å². The second-order valence-electron chi connectivity index (χ2n) is 8.31. The quantitative estimate of drug-likeness (QED) is 0.164. The van der Waals surface area contributed by atoms with Gasteiger partial charge in [0, 0.05) is 20.1 Å². The van der Waals surface area contributed by atoms with Gasteiger partial charge in [0.05, 0.1) is 0 Å². The van der Waals surface area contributed by atoms with Crippen molar-refractivity contribution in [1.29, 1.82) is 0 Å². The summed E-state index contributed by atoms with van der Waals surface area (Å²) in [5, 5.41) is 3.62. The van der Waals surface area contributed by atoms with Crippen LogP contribution in [0.15, 0.2) is 84.5 Å². The van der Waals surface area contributed by atoms with Crippen LogP contribution < -0.4 is 5.32 Å². The molecule has 5 nitrogen and oxygen atoms in total. The molecular weight excluding hydrogens is 567 g/mol. The molecule has 0 spiro atoms. The molecule has 2 atom stereocenters. The van der Waals surface area contributed by atoms with Gasteiger partial charge in [-0.05, 0) is 44.2 Å². The Hall–Kier alpha value is -1.34. The zero-order valence-corrected chi connectivity index (χ0v) is 24.1. The van der Waals surface area contributed by atoms with E-state index in [1.54, 1.807) is 0 Å². The third-order valence-corrected chi connectivity index (χ3v) is 7.13. The van der Waals surface area contributed by atoms with E-state index < -0.39 is 16.3 Å². The van der Waals surface area contributed by atoms with Crippen molar-refractivity contribution in [2.75, 3.05) is 20.6 Å². The first-order chi connectivity index (χ1) is 16.5. The second-order valence-corrected chi connectivity index (χ2v) is 10.1. The van der Waals surface area contributed by atoms with Crippen LogP contribution in [-0.2, 0) is 27.5 Å². The van der Waals surface area contributed by atoms with Crippen LogP contribution in [0.2, 0.25) is 0 Å². The first kappa shape index (κ1) is 31.7. The van der Waals surface area contributed by atoms with Crippen molar-refractivity contribution in [2.45, 2.75) is 44.2 Å².